The summed E-state index contributed by atoms with van der Waals surface area (Å²) in [5.74, 6) is 2.47. The van der Waals surface area contributed by atoms with Crippen LogP contribution in [-0.2, 0) is 4.79 Å². The lowest BCUT2D eigenvalue weighted by Crippen LogP contribution is -2.09. The topological polar surface area (TPSA) is 17.1 Å². The second-order valence-electron chi connectivity index (χ2n) is 5.72. The molecule has 2 aliphatic rings. The summed E-state index contributed by atoms with van der Waals surface area (Å²) in [6, 6.07) is 0. The first-order chi connectivity index (χ1) is 7.27. The number of hydrogen-bond acceptors (Lipinski definition) is 1. The Kier molecular flexibility index (Phi) is 3.82. The first-order valence-corrected chi connectivity index (χ1v) is 6.80. The molecule has 0 N–H and O–H groups in total. The molecule has 0 aromatic heterocycles. The number of ketones is 1. The highest BCUT2D eigenvalue weighted by Crippen LogP contribution is 2.44. The van der Waals surface area contributed by atoms with E-state index < -0.39 is 0 Å². The molecule has 0 heterocycles. The fourth-order valence-electron chi connectivity index (χ4n) is 2.99. The van der Waals surface area contributed by atoms with E-state index in [1.54, 1.807) is 0 Å². The summed E-state index contributed by atoms with van der Waals surface area (Å²) < 4.78 is 0. The summed E-state index contributed by atoms with van der Waals surface area (Å²) in [4.78, 5) is 11.9. The quantitative estimate of drug-likeness (QED) is 0.589. The SMILES string of the molecule is C[C@H]1CCCCCCC[C@H]2C[C@@H]2C(=O)C1. The van der Waals surface area contributed by atoms with Gasteiger partial charge >= 0.3 is 0 Å². The lowest BCUT2D eigenvalue weighted by Gasteiger charge is -2.11. The molecule has 0 aromatic rings. The van der Waals surface area contributed by atoms with Gasteiger partial charge in [-0.15, -0.1) is 0 Å². The van der Waals surface area contributed by atoms with E-state index in [2.05, 4.69) is 6.92 Å². The molecule has 0 amide bonds. The number of hydrogen-bond donors (Lipinski definition) is 0. The Balaban J connectivity index is 1.83. The Morgan fingerprint density at radius 1 is 1.00 bits per heavy atom. The minimum atomic E-state index is 0.479. The summed E-state index contributed by atoms with van der Waals surface area (Å²) in [5, 5.41) is 0. The molecule has 2 saturated carbocycles. The molecule has 86 valence electrons. The lowest BCUT2D eigenvalue weighted by atomic mass is 9.93. The van der Waals surface area contributed by atoms with Crippen LogP contribution < -0.4 is 0 Å². The van der Waals surface area contributed by atoms with Gasteiger partial charge in [0.1, 0.15) is 5.78 Å². The van der Waals surface area contributed by atoms with Crippen molar-refractivity contribution >= 4 is 5.78 Å². The van der Waals surface area contributed by atoms with Gasteiger partial charge in [0, 0.05) is 12.3 Å². The Morgan fingerprint density at radius 3 is 2.47 bits per heavy atom. The second kappa shape index (κ2) is 5.14. The first kappa shape index (κ1) is 11.2. The van der Waals surface area contributed by atoms with Gasteiger partial charge in [-0.1, -0.05) is 45.4 Å². The molecule has 0 aliphatic heterocycles. The third-order valence-electron chi connectivity index (χ3n) is 4.16. The summed E-state index contributed by atoms with van der Waals surface area (Å²) >= 11 is 0. The van der Waals surface area contributed by atoms with E-state index in [4.69, 9.17) is 0 Å². The van der Waals surface area contributed by atoms with E-state index in [0.717, 1.165) is 12.3 Å². The van der Waals surface area contributed by atoms with Gasteiger partial charge in [0.25, 0.3) is 0 Å². The highest BCUT2D eigenvalue weighted by molar-refractivity contribution is 5.83. The van der Waals surface area contributed by atoms with Crippen LogP contribution in [-0.4, -0.2) is 5.78 Å². The molecule has 2 rings (SSSR count). The maximum absolute atomic E-state index is 11.9. The Morgan fingerprint density at radius 2 is 1.67 bits per heavy atom. The summed E-state index contributed by atoms with van der Waals surface area (Å²) in [5.41, 5.74) is 0. The first-order valence-electron chi connectivity index (χ1n) is 6.80. The van der Waals surface area contributed by atoms with Gasteiger partial charge in [-0.2, -0.15) is 0 Å². The number of carbonyl (C=O) groups is 1. The van der Waals surface area contributed by atoms with Crippen LogP contribution in [0.4, 0.5) is 0 Å². The molecule has 3 atom stereocenters. The number of rotatable bonds is 0. The molecule has 0 spiro atoms. The van der Waals surface area contributed by atoms with Gasteiger partial charge < -0.3 is 0 Å². The van der Waals surface area contributed by atoms with Crippen LogP contribution in [0.1, 0.15) is 64.7 Å². The van der Waals surface area contributed by atoms with Crippen molar-refractivity contribution in [3.8, 4) is 0 Å². The molecule has 0 bridgehead atoms. The Hall–Kier alpha value is -0.330. The van der Waals surface area contributed by atoms with Crippen LogP contribution in [0.25, 0.3) is 0 Å². The molecule has 1 heteroatoms. The number of carbonyl (C=O) groups excluding carboxylic acids is 1. The molecule has 15 heavy (non-hydrogen) atoms. The molecule has 0 saturated heterocycles. The van der Waals surface area contributed by atoms with Gasteiger partial charge in [-0.05, 0) is 24.7 Å². The third-order valence-corrected chi connectivity index (χ3v) is 4.16. The van der Waals surface area contributed by atoms with Crippen molar-refractivity contribution < 1.29 is 4.79 Å². The van der Waals surface area contributed by atoms with Crippen molar-refractivity contribution in [3.63, 3.8) is 0 Å². The van der Waals surface area contributed by atoms with E-state index in [9.17, 15) is 4.79 Å². The lowest BCUT2D eigenvalue weighted by molar-refractivity contribution is -0.121. The average Bonchev–Trinajstić information content (AvgIpc) is 2.94. The zero-order chi connectivity index (χ0) is 10.7. The van der Waals surface area contributed by atoms with E-state index in [0.29, 0.717) is 17.6 Å². The van der Waals surface area contributed by atoms with Crippen LogP contribution in [0, 0.1) is 17.8 Å². The minimum absolute atomic E-state index is 0.479. The van der Waals surface area contributed by atoms with Crippen molar-refractivity contribution in [2.75, 3.05) is 0 Å². The van der Waals surface area contributed by atoms with Crippen molar-refractivity contribution in [2.45, 2.75) is 64.7 Å². The summed E-state index contributed by atoms with van der Waals surface area (Å²) in [6.45, 7) is 2.25. The second-order valence-corrected chi connectivity index (χ2v) is 5.72. The Labute approximate surface area is 93.6 Å². The van der Waals surface area contributed by atoms with E-state index in [1.165, 1.54) is 51.4 Å². The smallest absolute Gasteiger partial charge is 0.136 e. The van der Waals surface area contributed by atoms with Gasteiger partial charge in [0.15, 0.2) is 0 Å². The minimum Gasteiger partial charge on any atom is -0.299 e. The van der Waals surface area contributed by atoms with Gasteiger partial charge in [0.2, 0.25) is 0 Å². The average molecular weight is 208 g/mol. The normalized spacial score (nSPS) is 38.7. The van der Waals surface area contributed by atoms with E-state index in [-0.39, 0.29) is 0 Å². The molecule has 2 fully saturated rings. The van der Waals surface area contributed by atoms with Gasteiger partial charge in [-0.3, -0.25) is 4.79 Å². The van der Waals surface area contributed by atoms with Crippen LogP contribution in [0.15, 0.2) is 0 Å². The van der Waals surface area contributed by atoms with Gasteiger partial charge in [-0.25, -0.2) is 0 Å². The predicted octanol–water partition coefficient (Wildman–Crippen LogP) is 3.96. The van der Waals surface area contributed by atoms with Crippen LogP contribution >= 0.6 is 0 Å². The van der Waals surface area contributed by atoms with Crippen LogP contribution in [0.2, 0.25) is 0 Å². The molecule has 0 unspecified atom stereocenters. The van der Waals surface area contributed by atoms with Crippen LogP contribution in [0.3, 0.4) is 0 Å². The zero-order valence-electron chi connectivity index (χ0n) is 10.0. The summed E-state index contributed by atoms with van der Waals surface area (Å²) in [7, 11) is 0. The maximum Gasteiger partial charge on any atom is 0.136 e. The number of fused-ring (bicyclic) bond motifs is 1. The van der Waals surface area contributed by atoms with Crippen molar-refractivity contribution in [1.29, 1.82) is 0 Å². The monoisotopic (exact) mass is 208 g/mol. The fraction of sp³-hybridized carbons (Fsp3) is 0.929. The molecular formula is C14H24O. The third kappa shape index (κ3) is 3.32. The molecule has 1 nitrogen and oxygen atoms in total. The van der Waals surface area contributed by atoms with Gasteiger partial charge in [0.05, 0.1) is 0 Å². The summed E-state index contributed by atoms with van der Waals surface area (Å²) in [6.07, 6.45) is 11.6. The zero-order valence-corrected chi connectivity index (χ0v) is 10.0. The predicted molar refractivity (Wildman–Crippen MR) is 62.7 cm³/mol. The fourth-order valence-corrected chi connectivity index (χ4v) is 2.99. The van der Waals surface area contributed by atoms with E-state index >= 15 is 0 Å². The van der Waals surface area contributed by atoms with E-state index in [1.807, 2.05) is 0 Å². The van der Waals surface area contributed by atoms with Crippen molar-refractivity contribution in [2.24, 2.45) is 17.8 Å². The highest BCUT2D eigenvalue weighted by atomic mass is 16.1. The molecule has 0 aromatic carbocycles. The Bertz CT molecular complexity index is 221. The molecular weight excluding hydrogens is 184 g/mol. The van der Waals surface area contributed by atoms with Crippen molar-refractivity contribution in [1.82, 2.24) is 0 Å². The molecule has 0 radical (unpaired) electrons. The van der Waals surface area contributed by atoms with Crippen LogP contribution in [0.5, 0.6) is 0 Å². The standard InChI is InChI=1S/C14H24O/c1-11-7-5-3-2-4-6-8-12-10-13(12)14(15)9-11/h11-13H,2-10H2,1H3/t11-,12-,13-/m0/s1. The maximum atomic E-state index is 11.9. The number of Topliss-reactive ketones (excluding diaryl/α,β-unsaturated/α-hetero) is 1. The largest absolute Gasteiger partial charge is 0.299 e. The van der Waals surface area contributed by atoms with Crippen molar-refractivity contribution in [3.05, 3.63) is 0 Å². The highest BCUT2D eigenvalue weighted by Gasteiger charge is 2.41. The molecule has 2 aliphatic carbocycles.